The predicted octanol–water partition coefficient (Wildman–Crippen LogP) is 1.27. The van der Waals surface area contributed by atoms with E-state index in [9.17, 15) is 0 Å². The first kappa shape index (κ1) is 20.5. The van der Waals surface area contributed by atoms with E-state index in [0.29, 0.717) is 0 Å². The Morgan fingerprint density at radius 1 is 0.933 bits per heavy atom. The molecule has 4 N–H and O–H groups in total. The largest absolute Gasteiger partial charge is 0.507 e. The molecule has 96 valence electrons. The van der Waals surface area contributed by atoms with Crippen LogP contribution in [-0.4, -0.2) is 35.9 Å². The zero-order valence-electron chi connectivity index (χ0n) is 8.29. The normalized spacial score (nSPS) is 10.4. The molecule has 0 unspecified atom stereocenters. The van der Waals surface area contributed by atoms with Gasteiger partial charge in [0.1, 0.15) is 0 Å². The molecule has 0 spiro atoms. The third kappa shape index (κ3) is 20.2. The Bertz CT molecular complexity index is 118. The molecular formula is C10H29NO3Si. The number of unbranched alkanes of at least 4 members (excludes halogenated alkanes) is 4. The third-order valence-corrected chi connectivity index (χ3v) is 2.54. The van der Waals surface area contributed by atoms with Gasteiger partial charge in [0.25, 0.3) is 0 Å². The lowest BCUT2D eigenvalue weighted by Crippen LogP contribution is -2.46. The van der Waals surface area contributed by atoms with E-state index in [2.05, 4.69) is 12.2 Å². The molecule has 0 aromatic carbocycles. The fourth-order valence-electron chi connectivity index (χ4n) is 1.11. The molecule has 0 amide bonds. The molecule has 0 fully saturated rings. The maximum Gasteiger partial charge on any atom is 0.507 e. The molecule has 0 aliphatic rings. The van der Waals surface area contributed by atoms with E-state index < -0.39 is 8.80 Å². The van der Waals surface area contributed by atoms with Crippen LogP contribution in [0.4, 0.5) is 0 Å². The van der Waals surface area contributed by atoms with Gasteiger partial charge in [-0.25, -0.2) is 0 Å². The molecule has 15 heavy (non-hydrogen) atoms. The van der Waals surface area contributed by atoms with Gasteiger partial charge in [0.05, 0.1) is 6.17 Å². The Hall–Kier alpha value is 0.0569. The second-order valence-corrected chi connectivity index (χ2v) is 5.27. The van der Waals surface area contributed by atoms with Crippen molar-refractivity contribution in [2.45, 2.75) is 53.9 Å². The predicted molar refractivity (Wildman–Crippen MR) is 67.5 cm³/mol. The standard InChI is InChI=1S/C8H21NO3Si.2CH4/c1-2-3-4-5-6-7-9-8-13(10,11)12;;/h9-12H,2-8H2,1H3;2*1H4. The van der Waals surface area contributed by atoms with Gasteiger partial charge in [0.15, 0.2) is 0 Å². The van der Waals surface area contributed by atoms with Crippen molar-refractivity contribution in [2.24, 2.45) is 0 Å². The van der Waals surface area contributed by atoms with Crippen LogP contribution in [0, 0.1) is 0 Å². The quantitative estimate of drug-likeness (QED) is 0.380. The lowest BCUT2D eigenvalue weighted by atomic mass is 10.1. The summed E-state index contributed by atoms with van der Waals surface area (Å²) in [6.45, 7) is 2.92. The fraction of sp³-hybridized carbons (Fsp3) is 1.00. The summed E-state index contributed by atoms with van der Waals surface area (Å²) >= 11 is 0. The Kier molecular flexibility index (Phi) is 16.5. The maximum atomic E-state index is 8.65. The maximum absolute atomic E-state index is 8.65. The molecule has 4 nitrogen and oxygen atoms in total. The molecular weight excluding hydrogens is 210 g/mol. The molecule has 5 heteroatoms. The van der Waals surface area contributed by atoms with Gasteiger partial charge >= 0.3 is 8.80 Å². The average Bonchev–Trinajstić information content (AvgIpc) is 2.01. The van der Waals surface area contributed by atoms with Crippen molar-refractivity contribution in [3.05, 3.63) is 0 Å². The number of nitrogens with one attached hydrogen (secondary N) is 1. The van der Waals surface area contributed by atoms with E-state index in [0.717, 1.165) is 19.4 Å². The molecule has 0 radical (unpaired) electrons. The van der Waals surface area contributed by atoms with Crippen LogP contribution in [0.1, 0.15) is 53.9 Å². The Morgan fingerprint density at radius 2 is 1.47 bits per heavy atom. The van der Waals surface area contributed by atoms with Crippen molar-refractivity contribution in [2.75, 3.05) is 12.7 Å². The number of hydrogen-bond donors (Lipinski definition) is 4. The highest BCUT2D eigenvalue weighted by Crippen LogP contribution is 2.00. The third-order valence-electron chi connectivity index (χ3n) is 1.82. The molecule has 0 aromatic heterocycles. The van der Waals surface area contributed by atoms with Crippen LogP contribution < -0.4 is 5.32 Å². The summed E-state index contributed by atoms with van der Waals surface area (Å²) < 4.78 is 0. The summed E-state index contributed by atoms with van der Waals surface area (Å²) in [6, 6.07) is 0. The van der Waals surface area contributed by atoms with Crippen LogP contribution >= 0.6 is 0 Å². The molecule has 0 aliphatic heterocycles. The van der Waals surface area contributed by atoms with E-state index in [1.54, 1.807) is 0 Å². The summed E-state index contributed by atoms with van der Waals surface area (Å²) in [6.07, 6.45) is 5.87. The lowest BCUT2D eigenvalue weighted by Gasteiger charge is -2.09. The van der Waals surface area contributed by atoms with Crippen LogP contribution in [0.5, 0.6) is 0 Å². The number of rotatable bonds is 8. The minimum Gasteiger partial charge on any atom is -0.389 e. The van der Waals surface area contributed by atoms with E-state index in [1.165, 1.54) is 19.3 Å². The first-order valence-corrected chi connectivity index (χ1v) is 6.99. The Balaban J connectivity index is -0.000000720. The minimum atomic E-state index is -3.84. The zero-order chi connectivity index (χ0) is 10.2. The van der Waals surface area contributed by atoms with Crippen molar-refractivity contribution >= 4 is 8.80 Å². The van der Waals surface area contributed by atoms with Gasteiger partial charge in [0, 0.05) is 0 Å². The average molecular weight is 239 g/mol. The Labute approximate surface area is 95.7 Å². The molecule has 0 aliphatic carbocycles. The highest BCUT2D eigenvalue weighted by Gasteiger charge is 2.25. The fourth-order valence-corrected chi connectivity index (χ4v) is 1.62. The summed E-state index contributed by atoms with van der Waals surface area (Å²) in [7, 11) is -3.84. The molecule has 0 rings (SSSR count). The van der Waals surface area contributed by atoms with Crippen LogP contribution in [-0.2, 0) is 0 Å². The van der Waals surface area contributed by atoms with Crippen LogP contribution in [0.15, 0.2) is 0 Å². The molecule has 0 aromatic rings. The van der Waals surface area contributed by atoms with Gasteiger partial charge in [-0.15, -0.1) is 0 Å². The highest BCUT2D eigenvalue weighted by atomic mass is 28.4. The molecule has 0 heterocycles. The first-order valence-electron chi connectivity index (χ1n) is 4.94. The monoisotopic (exact) mass is 239 g/mol. The first-order chi connectivity index (χ1) is 6.06. The van der Waals surface area contributed by atoms with E-state index in [-0.39, 0.29) is 21.0 Å². The van der Waals surface area contributed by atoms with Gasteiger partial charge in [-0.2, -0.15) is 0 Å². The summed E-state index contributed by atoms with van der Waals surface area (Å²) in [5, 5.41) is 2.81. The van der Waals surface area contributed by atoms with Crippen molar-refractivity contribution in [1.82, 2.24) is 5.32 Å². The van der Waals surface area contributed by atoms with Crippen molar-refractivity contribution in [3.63, 3.8) is 0 Å². The number of hydrogen-bond acceptors (Lipinski definition) is 4. The summed E-state index contributed by atoms with van der Waals surface area (Å²) in [5.74, 6) is 0. The molecule has 0 bridgehead atoms. The van der Waals surface area contributed by atoms with Crippen LogP contribution in [0.3, 0.4) is 0 Å². The van der Waals surface area contributed by atoms with Gasteiger partial charge in [0.2, 0.25) is 0 Å². The Morgan fingerprint density at radius 3 is 1.93 bits per heavy atom. The van der Waals surface area contributed by atoms with Crippen molar-refractivity contribution in [3.8, 4) is 0 Å². The van der Waals surface area contributed by atoms with E-state index >= 15 is 0 Å². The minimum absolute atomic E-state index is 0. The molecule has 0 saturated heterocycles. The van der Waals surface area contributed by atoms with Gasteiger partial charge < -0.3 is 19.7 Å². The SMILES string of the molecule is C.C.CCCCCCCNC[Si](O)(O)O. The summed E-state index contributed by atoms with van der Waals surface area (Å²) in [4.78, 5) is 25.9. The lowest BCUT2D eigenvalue weighted by molar-refractivity contribution is 0.224. The van der Waals surface area contributed by atoms with Crippen LogP contribution in [0.25, 0.3) is 0 Å². The molecule has 0 atom stereocenters. The van der Waals surface area contributed by atoms with Crippen LogP contribution in [0.2, 0.25) is 0 Å². The second-order valence-electron chi connectivity index (χ2n) is 3.37. The van der Waals surface area contributed by atoms with Gasteiger partial charge in [-0.05, 0) is 13.0 Å². The summed E-state index contributed by atoms with van der Waals surface area (Å²) in [5.41, 5.74) is 0. The highest BCUT2D eigenvalue weighted by molar-refractivity contribution is 6.56. The van der Waals surface area contributed by atoms with E-state index in [1.807, 2.05) is 0 Å². The second kappa shape index (κ2) is 12.1. The van der Waals surface area contributed by atoms with Gasteiger partial charge in [-0.3, -0.25) is 0 Å². The van der Waals surface area contributed by atoms with E-state index in [4.69, 9.17) is 14.4 Å². The topological polar surface area (TPSA) is 72.7 Å². The van der Waals surface area contributed by atoms with Gasteiger partial charge in [-0.1, -0.05) is 47.5 Å². The zero-order valence-corrected chi connectivity index (χ0v) is 9.29. The van der Waals surface area contributed by atoms with Crippen molar-refractivity contribution < 1.29 is 14.4 Å². The smallest absolute Gasteiger partial charge is 0.389 e. The molecule has 0 saturated carbocycles. The van der Waals surface area contributed by atoms with Crippen molar-refractivity contribution in [1.29, 1.82) is 0 Å².